The van der Waals surface area contributed by atoms with Gasteiger partial charge in [-0.3, -0.25) is 28.6 Å². The van der Waals surface area contributed by atoms with Crippen molar-refractivity contribution in [3.05, 3.63) is 54.8 Å². The van der Waals surface area contributed by atoms with Crippen LogP contribution in [0.1, 0.15) is 12.1 Å². The van der Waals surface area contributed by atoms with Crippen molar-refractivity contribution in [3.8, 4) is 5.69 Å². The van der Waals surface area contributed by atoms with Crippen molar-refractivity contribution in [2.45, 2.75) is 17.8 Å². The molecule has 1 aromatic carbocycles. The number of halogens is 5. The van der Waals surface area contributed by atoms with Crippen molar-refractivity contribution >= 4 is 63.7 Å². The molecule has 0 saturated carbocycles. The number of aromatic nitrogens is 2. The number of nitrogens with zero attached hydrogens (tertiary/aromatic N) is 4. The van der Waals surface area contributed by atoms with Gasteiger partial charge in [-0.25, -0.2) is 14.4 Å². The Kier molecular flexibility index (Phi) is 7.57. The summed E-state index contributed by atoms with van der Waals surface area (Å²) in [4.78, 5) is 64.7. The van der Waals surface area contributed by atoms with E-state index in [1.807, 2.05) is 0 Å². The van der Waals surface area contributed by atoms with Gasteiger partial charge >= 0.3 is 23.8 Å². The summed E-state index contributed by atoms with van der Waals surface area (Å²) in [6, 6.07) is 2.23. The molecule has 17 heteroatoms. The summed E-state index contributed by atoms with van der Waals surface area (Å²) in [5.41, 5.74) is -4.84. The molecule has 1 aliphatic rings. The molecule has 0 radical (unpaired) electrons. The highest BCUT2D eigenvalue weighted by molar-refractivity contribution is 8.15. The summed E-state index contributed by atoms with van der Waals surface area (Å²) in [6.45, 7) is -0.849. The third-order valence-electron chi connectivity index (χ3n) is 4.76. The van der Waals surface area contributed by atoms with Crippen LogP contribution in [-0.2, 0) is 27.6 Å². The quantitative estimate of drug-likeness (QED) is 0.538. The molecule has 3 rings (SSSR count). The Morgan fingerprint density at radius 1 is 1.08 bits per heavy atom. The molecule has 0 aliphatic carbocycles. The fourth-order valence-electron chi connectivity index (χ4n) is 3.17. The van der Waals surface area contributed by atoms with Crippen LogP contribution < -0.4 is 11.2 Å². The van der Waals surface area contributed by atoms with E-state index < -0.39 is 59.2 Å². The van der Waals surface area contributed by atoms with Crippen LogP contribution in [0, 0.1) is 0 Å². The monoisotopic (exact) mass is 568 g/mol. The van der Waals surface area contributed by atoms with E-state index in [4.69, 9.17) is 33.4 Å². The molecule has 11 nitrogen and oxygen atoms in total. The standard InChI is InChI=1S/C19H13Cl2F3N4O7S/c1-26-12(19(22,23)24)5-13(29)28(18(26)35)10-3-9(7(20)2-8(10)21)25-17-27(6-15(32)33)16(34)11(36-17)4-14(30)31/h2-3,5,11H,4,6H2,1H3,(H,30,31)(H,32,33)/b25-17-. The lowest BCUT2D eigenvalue weighted by Crippen LogP contribution is -2.40. The number of alkyl halides is 3. The highest BCUT2D eigenvalue weighted by Crippen LogP contribution is 2.37. The zero-order chi connectivity index (χ0) is 27.1. The van der Waals surface area contributed by atoms with Crippen molar-refractivity contribution in [3.63, 3.8) is 0 Å². The molecule has 1 amide bonds. The van der Waals surface area contributed by atoms with Crippen LogP contribution in [0.25, 0.3) is 5.69 Å². The molecule has 1 saturated heterocycles. The number of aliphatic imine (C=N–C) groups is 1. The Balaban J connectivity index is 2.18. The topological polar surface area (TPSA) is 151 Å². The Labute approximate surface area is 212 Å². The van der Waals surface area contributed by atoms with E-state index in [1.165, 1.54) is 0 Å². The average molecular weight is 569 g/mol. The number of carboxylic acid groups (broad SMARTS) is 2. The third kappa shape index (κ3) is 5.42. The van der Waals surface area contributed by atoms with Crippen molar-refractivity contribution in [1.82, 2.24) is 14.0 Å². The molecule has 1 atom stereocenters. The second-order valence-electron chi connectivity index (χ2n) is 7.21. The van der Waals surface area contributed by atoms with Crippen molar-refractivity contribution in [2.24, 2.45) is 12.0 Å². The molecule has 2 N–H and O–H groups in total. The second kappa shape index (κ2) is 9.99. The van der Waals surface area contributed by atoms with Gasteiger partial charge in [-0.15, -0.1) is 0 Å². The van der Waals surface area contributed by atoms with Crippen LogP contribution in [0.4, 0.5) is 18.9 Å². The summed E-state index contributed by atoms with van der Waals surface area (Å²) < 4.78 is 40.0. The summed E-state index contributed by atoms with van der Waals surface area (Å²) >= 11 is 12.9. The van der Waals surface area contributed by atoms with E-state index in [0.29, 0.717) is 21.2 Å². The smallest absolute Gasteiger partial charge is 0.431 e. The minimum atomic E-state index is -4.99. The van der Waals surface area contributed by atoms with E-state index in [-0.39, 0.29) is 37.2 Å². The van der Waals surface area contributed by atoms with Crippen LogP contribution in [0.2, 0.25) is 10.0 Å². The predicted octanol–water partition coefficient (Wildman–Crippen LogP) is 2.35. The van der Waals surface area contributed by atoms with E-state index in [1.54, 1.807) is 0 Å². The first-order chi connectivity index (χ1) is 16.6. The zero-order valence-electron chi connectivity index (χ0n) is 17.7. The van der Waals surface area contributed by atoms with Gasteiger partial charge in [0.25, 0.3) is 5.56 Å². The number of carbonyl (C=O) groups excluding carboxylic acids is 1. The van der Waals surface area contributed by atoms with Gasteiger partial charge in [0, 0.05) is 13.1 Å². The molecule has 1 fully saturated rings. The highest BCUT2D eigenvalue weighted by Gasteiger charge is 2.40. The maximum absolute atomic E-state index is 13.2. The highest BCUT2D eigenvalue weighted by atomic mass is 35.5. The molecule has 0 spiro atoms. The third-order valence-corrected chi connectivity index (χ3v) is 6.54. The van der Waals surface area contributed by atoms with Gasteiger partial charge < -0.3 is 10.2 Å². The lowest BCUT2D eigenvalue weighted by molar-refractivity contribution is -0.144. The number of hydrogen-bond donors (Lipinski definition) is 2. The van der Waals surface area contributed by atoms with Gasteiger partial charge in [0.2, 0.25) is 5.91 Å². The fourth-order valence-corrected chi connectivity index (χ4v) is 4.82. The van der Waals surface area contributed by atoms with E-state index in [9.17, 15) is 37.1 Å². The SMILES string of the molecule is Cn1c(C(F)(F)F)cc(=O)n(-c2cc(/N=C3\SC(CC(=O)O)C(=O)N3CC(=O)O)c(Cl)cc2Cl)c1=O. The van der Waals surface area contributed by atoms with Crippen LogP contribution in [-0.4, -0.2) is 59.1 Å². The summed E-state index contributed by atoms with van der Waals surface area (Å²) in [5.74, 6) is -3.57. The lowest BCUT2D eigenvalue weighted by Gasteiger charge is -2.16. The summed E-state index contributed by atoms with van der Waals surface area (Å²) in [7, 11) is 0.805. The van der Waals surface area contributed by atoms with Crippen LogP contribution in [0.5, 0.6) is 0 Å². The number of amides is 1. The van der Waals surface area contributed by atoms with E-state index in [0.717, 1.165) is 19.2 Å². The Hall–Kier alpha value is -3.30. The van der Waals surface area contributed by atoms with Gasteiger partial charge in [-0.2, -0.15) is 13.2 Å². The van der Waals surface area contributed by atoms with E-state index in [2.05, 4.69) is 4.99 Å². The van der Waals surface area contributed by atoms with Gasteiger partial charge in [-0.1, -0.05) is 35.0 Å². The molecule has 36 heavy (non-hydrogen) atoms. The molecular weight excluding hydrogens is 556 g/mol. The number of thioether (sulfide) groups is 1. The summed E-state index contributed by atoms with van der Waals surface area (Å²) in [6.07, 6.45) is -5.62. The summed E-state index contributed by atoms with van der Waals surface area (Å²) in [5, 5.41) is 16.2. The van der Waals surface area contributed by atoms with Crippen LogP contribution in [0.3, 0.4) is 0 Å². The molecule has 2 heterocycles. The normalized spacial score (nSPS) is 17.2. The molecule has 1 aliphatic heterocycles. The molecule has 1 aromatic heterocycles. The largest absolute Gasteiger partial charge is 0.481 e. The zero-order valence-corrected chi connectivity index (χ0v) is 20.1. The lowest BCUT2D eigenvalue weighted by atomic mass is 10.2. The molecule has 0 bridgehead atoms. The number of carboxylic acids is 2. The first-order valence-corrected chi connectivity index (χ1v) is 11.2. The van der Waals surface area contributed by atoms with Gasteiger partial charge in [0.05, 0.1) is 27.8 Å². The number of benzene rings is 1. The van der Waals surface area contributed by atoms with Crippen LogP contribution >= 0.6 is 35.0 Å². The number of rotatable bonds is 6. The number of carbonyl (C=O) groups is 3. The number of aliphatic carboxylic acids is 2. The fraction of sp³-hybridized carbons (Fsp3) is 0.263. The Morgan fingerprint density at radius 3 is 2.28 bits per heavy atom. The number of amidine groups is 1. The Morgan fingerprint density at radius 2 is 1.72 bits per heavy atom. The first-order valence-electron chi connectivity index (χ1n) is 9.51. The second-order valence-corrected chi connectivity index (χ2v) is 9.20. The van der Waals surface area contributed by atoms with Crippen molar-refractivity contribution in [1.29, 1.82) is 0 Å². The average Bonchev–Trinajstić information content (AvgIpc) is 3.00. The van der Waals surface area contributed by atoms with E-state index >= 15 is 0 Å². The van der Waals surface area contributed by atoms with Gasteiger partial charge in [0.15, 0.2) is 5.17 Å². The van der Waals surface area contributed by atoms with Gasteiger partial charge in [-0.05, 0) is 12.1 Å². The molecule has 2 aromatic rings. The minimum Gasteiger partial charge on any atom is -0.481 e. The number of hydrogen-bond acceptors (Lipinski definition) is 7. The van der Waals surface area contributed by atoms with Crippen molar-refractivity contribution < 1.29 is 37.8 Å². The maximum Gasteiger partial charge on any atom is 0.431 e. The molecule has 1 unspecified atom stereocenters. The van der Waals surface area contributed by atoms with Crippen molar-refractivity contribution in [2.75, 3.05) is 6.54 Å². The minimum absolute atomic E-state index is 0.182. The Bertz CT molecular complexity index is 1440. The predicted molar refractivity (Wildman–Crippen MR) is 122 cm³/mol. The maximum atomic E-state index is 13.2. The first kappa shape index (κ1) is 27.3. The molecule has 192 valence electrons. The molecular formula is C19H13Cl2F3N4O7S. The van der Waals surface area contributed by atoms with Crippen LogP contribution in [0.15, 0.2) is 32.8 Å². The van der Waals surface area contributed by atoms with Gasteiger partial charge in [0.1, 0.15) is 17.5 Å².